The molecule has 1 heterocycles. The fraction of sp³-hybridized carbons (Fsp3) is 0.571. The van der Waals surface area contributed by atoms with Crippen molar-refractivity contribution in [3.63, 3.8) is 0 Å². The monoisotopic (exact) mass is 265 g/mol. The molecule has 0 atom stereocenters. The van der Waals surface area contributed by atoms with Gasteiger partial charge in [0.1, 0.15) is 11.0 Å². The van der Waals surface area contributed by atoms with Crippen LogP contribution in [-0.2, 0) is 11.0 Å². The van der Waals surface area contributed by atoms with Gasteiger partial charge in [0.05, 0.1) is 5.54 Å². The van der Waals surface area contributed by atoms with Gasteiger partial charge in [-0.05, 0) is 43.9 Å². The van der Waals surface area contributed by atoms with E-state index in [0.717, 1.165) is 16.6 Å². The number of rotatable bonds is 0. The molecule has 2 aromatic rings. The lowest BCUT2D eigenvalue weighted by Crippen LogP contribution is -2.24. The zero-order valence-electron chi connectivity index (χ0n) is 11.9. The van der Waals surface area contributed by atoms with Crippen LogP contribution in [0, 0.1) is 0 Å². The van der Waals surface area contributed by atoms with Crippen LogP contribution in [0.3, 0.4) is 0 Å². The summed E-state index contributed by atoms with van der Waals surface area (Å²) < 4.78 is 0. The van der Waals surface area contributed by atoms with E-state index in [4.69, 9.17) is 11.6 Å². The number of hydrogen-bond acceptors (Lipinski definition) is 2. The highest BCUT2D eigenvalue weighted by atomic mass is 35.5. The first kappa shape index (κ1) is 13.3. The minimum Gasteiger partial charge on any atom is -0.178 e. The second-order valence-electron chi connectivity index (χ2n) is 6.73. The van der Waals surface area contributed by atoms with Crippen LogP contribution in [0.5, 0.6) is 0 Å². The van der Waals surface area contributed by atoms with Gasteiger partial charge in [-0.15, -0.1) is 0 Å². The number of hydrogen-bond donors (Lipinski definition) is 0. The maximum atomic E-state index is 6.18. The summed E-state index contributed by atoms with van der Waals surface area (Å²) in [6.45, 7) is 12.7. The third-order valence-corrected chi connectivity index (χ3v) is 3.08. The SMILES string of the molecule is CC(C)(C)c1cc(Cl)cc2nn(C(C)(C)C)nc12. The van der Waals surface area contributed by atoms with Crippen molar-refractivity contribution in [3.05, 3.63) is 22.7 Å². The van der Waals surface area contributed by atoms with Gasteiger partial charge in [0.25, 0.3) is 0 Å². The highest BCUT2D eigenvalue weighted by molar-refractivity contribution is 6.31. The largest absolute Gasteiger partial charge is 0.178 e. The molecule has 0 unspecified atom stereocenters. The molecule has 1 aromatic heterocycles. The van der Waals surface area contributed by atoms with E-state index in [9.17, 15) is 0 Å². The molecule has 2 rings (SSSR count). The first-order valence-electron chi connectivity index (χ1n) is 6.16. The van der Waals surface area contributed by atoms with Gasteiger partial charge in [-0.25, -0.2) is 0 Å². The molecule has 3 nitrogen and oxygen atoms in total. The molecule has 0 spiro atoms. The maximum Gasteiger partial charge on any atom is 0.117 e. The van der Waals surface area contributed by atoms with Crippen molar-refractivity contribution < 1.29 is 0 Å². The Hall–Kier alpha value is -1.09. The Morgan fingerprint density at radius 3 is 2.11 bits per heavy atom. The molecule has 0 aliphatic heterocycles. The molecule has 0 N–H and O–H groups in total. The summed E-state index contributed by atoms with van der Waals surface area (Å²) in [4.78, 5) is 1.77. The topological polar surface area (TPSA) is 30.7 Å². The van der Waals surface area contributed by atoms with E-state index >= 15 is 0 Å². The summed E-state index contributed by atoms with van der Waals surface area (Å²) in [6.07, 6.45) is 0. The standard InChI is InChI=1S/C14H20ClN3/c1-13(2,3)10-7-9(15)8-11-12(10)17-18(16-11)14(4,5)6/h7-8H,1-6H3. The van der Waals surface area contributed by atoms with E-state index in [2.05, 4.69) is 51.7 Å². The van der Waals surface area contributed by atoms with E-state index in [1.807, 2.05) is 12.1 Å². The first-order valence-corrected chi connectivity index (χ1v) is 6.54. The minimum atomic E-state index is -0.124. The molecule has 0 aliphatic carbocycles. The van der Waals surface area contributed by atoms with Crippen LogP contribution in [0.25, 0.3) is 11.0 Å². The first-order chi connectivity index (χ1) is 8.09. The Morgan fingerprint density at radius 2 is 1.61 bits per heavy atom. The Kier molecular flexibility index (Phi) is 2.93. The molecule has 0 amide bonds. The summed E-state index contributed by atoms with van der Waals surface area (Å²) in [5.74, 6) is 0. The van der Waals surface area contributed by atoms with Crippen LogP contribution in [0.4, 0.5) is 0 Å². The molecule has 0 saturated carbocycles. The summed E-state index contributed by atoms with van der Waals surface area (Å²) in [7, 11) is 0. The van der Waals surface area contributed by atoms with Crippen molar-refractivity contribution in [3.8, 4) is 0 Å². The van der Waals surface area contributed by atoms with E-state index in [0.29, 0.717) is 5.02 Å². The predicted octanol–water partition coefficient (Wildman–Crippen LogP) is 4.14. The summed E-state index contributed by atoms with van der Waals surface area (Å²) in [6, 6.07) is 3.87. The fourth-order valence-corrected chi connectivity index (χ4v) is 2.07. The van der Waals surface area contributed by atoms with E-state index in [-0.39, 0.29) is 11.0 Å². The zero-order chi connectivity index (χ0) is 13.7. The molecule has 98 valence electrons. The molecule has 0 fully saturated rings. The molecule has 0 saturated heterocycles. The minimum absolute atomic E-state index is 0.00188. The van der Waals surface area contributed by atoms with Crippen LogP contribution in [0.15, 0.2) is 12.1 Å². The molecule has 4 heteroatoms. The third kappa shape index (κ3) is 2.37. The molecule has 0 bridgehead atoms. The van der Waals surface area contributed by atoms with Gasteiger partial charge in [0.15, 0.2) is 0 Å². The van der Waals surface area contributed by atoms with Crippen LogP contribution in [0.2, 0.25) is 5.02 Å². The Bertz CT molecular complexity index is 585. The Labute approximate surface area is 113 Å². The summed E-state index contributed by atoms with van der Waals surface area (Å²) in [5.41, 5.74) is 2.83. The third-order valence-electron chi connectivity index (χ3n) is 2.86. The lowest BCUT2D eigenvalue weighted by Gasteiger charge is -2.19. The van der Waals surface area contributed by atoms with E-state index in [1.165, 1.54) is 0 Å². The highest BCUT2D eigenvalue weighted by Gasteiger charge is 2.23. The number of nitrogens with zero attached hydrogens (tertiary/aromatic N) is 3. The fourth-order valence-electron chi connectivity index (χ4n) is 1.86. The normalized spacial score (nSPS) is 13.3. The number of aromatic nitrogens is 3. The van der Waals surface area contributed by atoms with Crippen molar-refractivity contribution in [2.75, 3.05) is 0 Å². The van der Waals surface area contributed by atoms with E-state index < -0.39 is 0 Å². The highest BCUT2D eigenvalue weighted by Crippen LogP contribution is 2.31. The average molecular weight is 266 g/mol. The van der Waals surface area contributed by atoms with Crippen molar-refractivity contribution >= 4 is 22.6 Å². The maximum absolute atomic E-state index is 6.18. The van der Waals surface area contributed by atoms with Crippen molar-refractivity contribution in [1.82, 2.24) is 15.0 Å². The predicted molar refractivity (Wildman–Crippen MR) is 76.2 cm³/mol. The second kappa shape index (κ2) is 3.95. The molecular weight excluding hydrogens is 246 g/mol. The summed E-state index contributed by atoms with van der Waals surface area (Å²) >= 11 is 6.18. The Balaban J connectivity index is 2.76. The van der Waals surface area contributed by atoms with Gasteiger partial charge in [0.2, 0.25) is 0 Å². The molecule has 1 aromatic carbocycles. The zero-order valence-corrected chi connectivity index (χ0v) is 12.6. The number of halogens is 1. The number of fused-ring (bicyclic) bond motifs is 1. The van der Waals surface area contributed by atoms with Gasteiger partial charge in [0, 0.05) is 5.02 Å². The Morgan fingerprint density at radius 1 is 1.00 bits per heavy atom. The van der Waals surface area contributed by atoms with Crippen LogP contribution in [-0.4, -0.2) is 15.0 Å². The summed E-state index contributed by atoms with van der Waals surface area (Å²) in [5, 5.41) is 9.89. The quantitative estimate of drug-likeness (QED) is 0.717. The number of benzene rings is 1. The van der Waals surface area contributed by atoms with Gasteiger partial charge in [-0.3, -0.25) is 0 Å². The average Bonchev–Trinajstić information content (AvgIpc) is 2.57. The van der Waals surface area contributed by atoms with Gasteiger partial charge >= 0.3 is 0 Å². The molecular formula is C14H20ClN3. The second-order valence-corrected chi connectivity index (χ2v) is 7.17. The smallest absolute Gasteiger partial charge is 0.117 e. The lowest BCUT2D eigenvalue weighted by atomic mass is 9.86. The van der Waals surface area contributed by atoms with Gasteiger partial charge in [-0.2, -0.15) is 15.0 Å². The van der Waals surface area contributed by atoms with Crippen LogP contribution in [0.1, 0.15) is 47.1 Å². The molecule has 0 aliphatic rings. The van der Waals surface area contributed by atoms with Crippen molar-refractivity contribution in [2.24, 2.45) is 0 Å². The van der Waals surface area contributed by atoms with Crippen LogP contribution < -0.4 is 0 Å². The van der Waals surface area contributed by atoms with Crippen molar-refractivity contribution in [1.29, 1.82) is 0 Å². The molecule has 0 radical (unpaired) electrons. The molecule has 18 heavy (non-hydrogen) atoms. The van der Waals surface area contributed by atoms with Crippen LogP contribution >= 0.6 is 11.6 Å². The lowest BCUT2D eigenvalue weighted by molar-refractivity contribution is 0.316. The van der Waals surface area contributed by atoms with Gasteiger partial charge in [-0.1, -0.05) is 32.4 Å². The van der Waals surface area contributed by atoms with E-state index in [1.54, 1.807) is 4.80 Å². The van der Waals surface area contributed by atoms with Crippen molar-refractivity contribution in [2.45, 2.75) is 52.5 Å². The van der Waals surface area contributed by atoms with Gasteiger partial charge < -0.3 is 0 Å².